The molecule has 1 fully saturated rings. The molecule has 0 radical (unpaired) electrons. The molecule has 2 nitrogen and oxygen atoms in total. The number of likely N-dealkylation sites (tertiary alicyclic amines) is 1. The average Bonchev–Trinajstić information content (AvgIpc) is 2.11. The molecular weight excluding hydrogens is 162 g/mol. The topological polar surface area (TPSA) is 23.5 Å². The highest BCUT2D eigenvalue weighted by molar-refractivity contribution is 4.81. The molecule has 0 spiro atoms. The summed E-state index contributed by atoms with van der Waals surface area (Å²) in [4.78, 5) is 2.13. The lowest BCUT2D eigenvalue weighted by Crippen LogP contribution is -2.49. The maximum absolute atomic E-state index is 10.3. The molecule has 0 amide bonds. The second kappa shape index (κ2) is 4.97. The molecule has 0 aliphatic carbocycles. The molecule has 0 aromatic carbocycles. The number of nitrogens with zero attached hydrogens (tertiary/aromatic N) is 1. The Kier molecular flexibility index (Phi) is 4.20. The van der Waals surface area contributed by atoms with Gasteiger partial charge in [-0.25, -0.2) is 0 Å². The van der Waals surface area contributed by atoms with Crippen molar-refractivity contribution in [3.8, 4) is 0 Å². The van der Waals surface area contributed by atoms with Gasteiger partial charge in [0.25, 0.3) is 0 Å². The molecule has 1 unspecified atom stereocenters. The summed E-state index contributed by atoms with van der Waals surface area (Å²) in [6.45, 7) is 3.26. The predicted octanol–water partition coefficient (Wildman–Crippen LogP) is 2.37. The van der Waals surface area contributed by atoms with Gasteiger partial charge in [0.15, 0.2) is 0 Å². The van der Waals surface area contributed by atoms with Gasteiger partial charge in [0, 0.05) is 6.54 Å². The molecule has 1 saturated heterocycles. The van der Waals surface area contributed by atoms with E-state index in [1.54, 1.807) is 0 Å². The van der Waals surface area contributed by atoms with Gasteiger partial charge in [-0.05, 0) is 39.2 Å². The molecule has 1 rings (SSSR count). The fraction of sp³-hybridized carbons (Fsp3) is 1.00. The predicted molar refractivity (Wildman–Crippen MR) is 55.6 cm³/mol. The third-order valence-electron chi connectivity index (χ3n) is 3.21. The van der Waals surface area contributed by atoms with Crippen molar-refractivity contribution in [1.82, 2.24) is 4.90 Å². The second-order valence-corrected chi connectivity index (χ2v) is 4.32. The van der Waals surface area contributed by atoms with Crippen LogP contribution in [0.15, 0.2) is 0 Å². The zero-order chi connectivity index (χ0) is 9.73. The Hall–Kier alpha value is -0.0800. The molecular formula is C11H23NO. The largest absolute Gasteiger partial charge is 0.376 e. The summed E-state index contributed by atoms with van der Waals surface area (Å²) in [7, 11) is 2.05. The molecule has 1 heterocycles. The van der Waals surface area contributed by atoms with Crippen LogP contribution >= 0.6 is 0 Å². The molecule has 78 valence electrons. The van der Waals surface area contributed by atoms with Crippen molar-refractivity contribution in [3.05, 3.63) is 0 Å². The molecule has 0 aromatic heterocycles. The summed E-state index contributed by atoms with van der Waals surface area (Å²) in [5.74, 6) is 0. The van der Waals surface area contributed by atoms with Crippen LogP contribution in [0.3, 0.4) is 0 Å². The number of hydrogen-bond donors (Lipinski definition) is 1. The van der Waals surface area contributed by atoms with Crippen LogP contribution in [-0.2, 0) is 0 Å². The number of rotatable bonds is 4. The Labute approximate surface area is 81.9 Å². The minimum absolute atomic E-state index is 0.479. The lowest BCUT2D eigenvalue weighted by atomic mass is 9.93. The smallest absolute Gasteiger partial charge is 0.118 e. The third kappa shape index (κ3) is 2.96. The fourth-order valence-corrected chi connectivity index (χ4v) is 2.13. The SMILES string of the molecule is CCCCCC1(O)CCCCN1C. The maximum atomic E-state index is 10.3. The molecule has 1 aliphatic rings. The van der Waals surface area contributed by atoms with Gasteiger partial charge in [0.2, 0.25) is 0 Å². The van der Waals surface area contributed by atoms with E-state index in [2.05, 4.69) is 11.8 Å². The second-order valence-electron chi connectivity index (χ2n) is 4.32. The number of piperidine rings is 1. The quantitative estimate of drug-likeness (QED) is 0.680. The van der Waals surface area contributed by atoms with E-state index in [9.17, 15) is 5.11 Å². The van der Waals surface area contributed by atoms with Crippen LogP contribution in [0.4, 0.5) is 0 Å². The van der Waals surface area contributed by atoms with Gasteiger partial charge < -0.3 is 5.11 Å². The highest BCUT2D eigenvalue weighted by Gasteiger charge is 2.33. The van der Waals surface area contributed by atoms with E-state index in [1.807, 2.05) is 7.05 Å². The van der Waals surface area contributed by atoms with Gasteiger partial charge in [-0.1, -0.05) is 19.8 Å². The summed E-state index contributed by atoms with van der Waals surface area (Å²) >= 11 is 0. The van der Waals surface area contributed by atoms with E-state index in [0.717, 1.165) is 25.8 Å². The molecule has 2 heteroatoms. The van der Waals surface area contributed by atoms with Crippen LogP contribution in [-0.4, -0.2) is 29.3 Å². The number of hydrogen-bond acceptors (Lipinski definition) is 2. The Balaban J connectivity index is 2.33. The minimum Gasteiger partial charge on any atom is -0.376 e. The van der Waals surface area contributed by atoms with Crippen LogP contribution in [0, 0.1) is 0 Å². The van der Waals surface area contributed by atoms with Crippen molar-refractivity contribution >= 4 is 0 Å². The number of aliphatic hydroxyl groups is 1. The normalized spacial score (nSPS) is 30.7. The zero-order valence-electron chi connectivity index (χ0n) is 9.05. The number of unbranched alkanes of at least 4 members (excludes halogenated alkanes) is 2. The molecule has 1 aliphatic heterocycles. The lowest BCUT2D eigenvalue weighted by molar-refractivity contribution is -0.125. The van der Waals surface area contributed by atoms with Crippen molar-refractivity contribution in [1.29, 1.82) is 0 Å². The third-order valence-corrected chi connectivity index (χ3v) is 3.21. The Morgan fingerprint density at radius 3 is 2.69 bits per heavy atom. The van der Waals surface area contributed by atoms with Gasteiger partial charge in [-0.15, -0.1) is 0 Å². The fourth-order valence-electron chi connectivity index (χ4n) is 2.13. The molecule has 13 heavy (non-hydrogen) atoms. The first-order valence-electron chi connectivity index (χ1n) is 5.62. The van der Waals surface area contributed by atoms with Crippen molar-refractivity contribution in [3.63, 3.8) is 0 Å². The van der Waals surface area contributed by atoms with Crippen LogP contribution < -0.4 is 0 Å². The summed E-state index contributed by atoms with van der Waals surface area (Å²) in [5, 5.41) is 10.3. The summed E-state index contributed by atoms with van der Waals surface area (Å²) in [6, 6.07) is 0. The Morgan fingerprint density at radius 2 is 2.08 bits per heavy atom. The van der Waals surface area contributed by atoms with E-state index in [-0.39, 0.29) is 0 Å². The highest BCUT2D eigenvalue weighted by Crippen LogP contribution is 2.28. The first-order valence-corrected chi connectivity index (χ1v) is 5.62. The van der Waals surface area contributed by atoms with Crippen LogP contribution in [0.2, 0.25) is 0 Å². The van der Waals surface area contributed by atoms with Crippen molar-refractivity contribution in [2.75, 3.05) is 13.6 Å². The first-order chi connectivity index (χ1) is 6.19. The molecule has 0 aromatic rings. The molecule has 0 bridgehead atoms. The zero-order valence-corrected chi connectivity index (χ0v) is 9.05. The van der Waals surface area contributed by atoms with Gasteiger partial charge in [-0.3, -0.25) is 4.90 Å². The van der Waals surface area contributed by atoms with Gasteiger partial charge in [0.1, 0.15) is 5.72 Å². The van der Waals surface area contributed by atoms with Crippen molar-refractivity contribution in [2.45, 2.75) is 57.6 Å². The minimum atomic E-state index is -0.479. The van der Waals surface area contributed by atoms with Gasteiger partial charge in [0.05, 0.1) is 0 Å². The summed E-state index contributed by atoms with van der Waals surface area (Å²) in [5.41, 5.74) is -0.479. The maximum Gasteiger partial charge on any atom is 0.118 e. The van der Waals surface area contributed by atoms with Crippen LogP contribution in [0.5, 0.6) is 0 Å². The summed E-state index contributed by atoms with van der Waals surface area (Å²) in [6.07, 6.45) is 8.00. The van der Waals surface area contributed by atoms with E-state index >= 15 is 0 Å². The summed E-state index contributed by atoms with van der Waals surface area (Å²) < 4.78 is 0. The standard InChI is InChI=1S/C11H23NO/c1-3-4-5-8-11(13)9-6-7-10-12(11)2/h13H,3-10H2,1-2H3. The van der Waals surface area contributed by atoms with Gasteiger partial charge >= 0.3 is 0 Å². The van der Waals surface area contributed by atoms with Crippen molar-refractivity contribution in [2.24, 2.45) is 0 Å². The van der Waals surface area contributed by atoms with E-state index in [4.69, 9.17) is 0 Å². The first kappa shape index (κ1) is 11.0. The van der Waals surface area contributed by atoms with Crippen molar-refractivity contribution < 1.29 is 5.11 Å². The van der Waals surface area contributed by atoms with Crippen LogP contribution in [0.25, 0.3) is 0 Å². The molecule has 0 saturated carbocycles. The van der Waals surface area contributed by atoms with E-state index in [0.29, 0.717) is 0 Å². The lowest BCUT2D eigenvalue weighted by Gasteiger charge is -2.41. The van der Waals surface area contributed by atoms with E-state index < -0.39 is 5.72 Å². The molecule has 1 atom stereocenters. The van der Waals surface area contributed by atoms with E-state index in [1.165, 1.54) is 25.7 Å². The highest BCUT2D eigenvalue weighted by atomic mass is 16.3. The Morgan fingerprint density at radius 1 is 1.31 bits per heavy atom. The molecule has 1 N–H and O–H groups in total. The average molecular weight is 185 g/mol. The monoisotopic (exact) mass is 185 g/mol. The van der Waals surface area contributed by atoms with Crippen LogP contribution in [0.1, 0.15) is 51.9 Å². The Bertz CT molecular complexity index is 149. The van der Waals surface area contributed by atoms with Gasteiger partial charge in [-0.2, -0.15) is 0 Å².